The number of hydrogen-bond acceptors (Lipinski definition) is 4. The van der Waals surface area contributed by atoms with Gasteiger partial charge < -0.3 is 24.4 Å². The number of halogens is 1. The molecule has 0 aliphatic heterocycles. The summed E-state index contributed by atoms with van der Waals surface area (Å²) in [5, 5.41) is 3.43. The highest BCUT2D eigenvalue weighted by atomic mass is 35.5. The van der Waals surface area contributed by atoms with Crippen molar-refractivity contribution in [3.05, 3.63) is 47.0 Å². The Morgan fingerprint density at radius 2 is 1.78 bits per heavy atom. The summed E-state index contributed by atoms with van der Waals surface area (Å²) in [6.45, 7) is 2.49. The molecular weight excluding hydrogens is 368 g/mol. The predicted octanol–water partition coefficient (Wildman–Crippen LogP) is 2.41. The van der Waals surface area contributed by atoms with E-state index in [9.17, 15) is 4.79 Å². The van der Waals surface area contributed by atoms with E-state index >= 15 is 0 Å². The third-order valence-electron chi connectivity index (χ3n) is 4.52. The van der Waals surface area contributed by atoms with Crippen LogP contribution in [0.3, 0.4) is 0 Å². The number of hydrogen-bond donors (Lipinski definition) is 2. The van der Waals surface area contributed by atoms with Gasteiger partial charge >= 0.3 is 0 Å². The molecule has 0 radical (unpaired) electrons. The molecule has 0 saturated carbocycles. The van der Waals surface area contributed by atoms with Crippen LogP contribution in [0.2, 0.25) is 5.02 Å². The Hall–Kier alpha value is -2.44. The van der Waals surface area contributed by atoms with E-state index < -0.39 is 0 Å². The van der Waals surface area contributed by atoms with Crippen molar-refractivity contribution < 1.29 is 23.9 Å². The molecule has 0 saturated heterocycles. The summed E-state index contributed by atoms with van der Waals surface area (Å²) in [5.74, 6) is 1.90. The molecule has 1 unspecified atom stereocenters. The van der Waals surface area contributed by atoms with Gasteiger partial charge in [-0.15, -0.1) is 0 Å². The smallest absolute Gasteiger partial charge is 0.282 e. The number of carbonyl (C=O) groups excluding carboxylic acids is 1. The third-order valence-corrected chi connectivity index (χ3v) is 4.75. The van der Waals surface area contributed by atoms with Crippen LogP contribution in [-0.4, -0.2) is 40.3 Å². The molecule has 0 aliphatic carbocycles. The maximum atomic E-state index is 12.7. The van der Waals surface area contributed by atoms with E-state index in [0.29, 0.717) is 23.0 Å². The Morgan fingerprint density at radius 1 is 1.07 bits per heavy atom. The van der Waals surface area contributed by atoms with Crippen molar-refractivity contribution in [1.29, 1.82) is 0 Å². The number of nitrogens with one attached hydrogen (secondary N) is 2. The Balaban J connectivity index is 2.10. The molecule has 0 spiro atoms. The number of methoxy groups -OCH3 is 3. The fourth-order valence-corrected chi connectivity index (χ4v) is 2.87. The second-order valence-corrected chi connectivity index (χ2v) is 6.69. The molecule has 146 valence electrons. The van der Waals surface area contributed by atoms with Gasteiger partial charge in [-0.05, 0) is 37.3 Å². The van der Waals surface area contributed by atoms with Gasteiger partial charge in [0.1, 0.15) is 23.8 Å². The van der Waals surface area contributed by atoms with Gasteiger partial charge in [-0.3, -0.25) is 4.79 Å². The summed E-state index contributed by atoms with van der Waals surface area (Å²) in [7, 11) is 6.75. The average Bonchev–Trinajstić information content (AvgIpc) is 2.67. The highest BCUT2D eigenvalue weighted by Gasteiger charge is 2.24. The molecule has 0 heterocycles. The van der Waals surface area contributed by atoms with Gasteiger partial charge in [0.15, 0.2) is 6.04 Å². The van der Waals surface area contributed by atoms with Gasteiger partial charge in [0, 0.05) is 16.7 Å². The summed E-state index contributed by atoms with van der Waals surface area (Å²) in [5.41, 5.74) is 1.55. The van der Waals surface area contributed by atoms with Gasteiger partial charge in [-0.1, -0.05) is 11.6 Å². The van der Waals surface area contributed by atoms with Crippen molar-refractivity contribution in [2.75, 3.05) is 33.7 Å². The van der Waals surface area contributed by atoms with Crippen molar-refractivity contribution in [1.82, 2.24) is 0 Å². The van der Waals surface area contributed by atoms with E-state index in [2.05, 4.69) is 5.32 Å². The molecule has 0 aromatic heterocycles. The standard InChI is InChI=1S/C20H25ClN2O4/c1-13(20(24)22-17-10-15(21)7-9-18(17)26-4)23(2)12-14-6-8-16(25-3)11-19(14)27-5/h6-11,13H,12H2,1-5H3,(H,22,24)/p+1/t13-/m0/s1. The second kappa shape index (κ2) is 9.48. The zero-order valence-corrected chi connectivity index (χ0v) is 17.0. The Bertz CT molecular complexity index is 798. The van der Waals surface area contributed by atoms with Gasteiger partial charge in [0.25, 0.3) is 5.91 Å². The average molecular weight is 394 g/mol. The van der Waals surface area contributed by atoms with E-state index in [4.69, 9.17) is 25.8 Å². The minimum absolute atomic E-state index is 0.124. The summed E-state index contributed by atoms with van der Waals surface area (Å²) in [6.07, 6.45) is 0. The van der Waals surface area contributed by atoms with Crippen LogP contribution in [0.4, 0.5) is 5.69 Å². The van der Waals surface area contributed by atoms with E-state index in [1.165, 1.54) is 0 Å². The highest BCUT2D eigenvalue weighted by molar-refractivity contribution is 6.31. The van der Waals surface area contributed by atoms with Crippen LogP contribution in [0.1, 0.15) is 12.5 Å². The number of likely N-dealkylation sites (N-methyl/N-ethyl adjacent to an activating group) is 1. The van der Waals surface area contributed by atoms with Crippen molar-refractivity contribution in [3.63, 3.8) is 0 Å². The Morgan fingerprint density at radius 3 is 2.41 bits per heavy atom. The zero-order valence-electron chi connectivity index (χ0n) is 16.3. The number of carbonyl (C=O) groups is 1. The minimum Gasteiger partial charge on any atom is -0.497 e. The fraction of sp³-hybridized carbons (Fsp3) is 0.350. The van der Waals surface area contributed by atoms with E-state index in [1.54, 1.807) is 39.5 Å². The molecule has 27 heavy (non-hydrogen) atoms. The summed E-state index contributed by atoms with van der Waals surface area (Å²) in [6, 6.07) is 10.5. The van der Waals surface area contributed by atoms with Crippen molar-refractivity contribution >= 4 is 23.2 Å². The van der Waals surface area contributed by atoms with Crippen LogP contribution < -0.4 is 24.4 Å². The third kappa shape index (κ3) is 5.28. The molecule has 2 rings (SSSR count). The van der Waals surface area contributed by atoms with Crippen LogP contribution >= 0.6 is 11.6 Å². The molecule has 2 N–H and O–H groups in total. The first-order valence-corrected chi connectivity index (χ1v) is 8.95. The van der Waals surface area contributed by atoms with Crippen LogP contribution in [0.15, 0.2) is 36.4 Å². The minimum atomic E-state index is -0.305. The molecule has 2 atom stereocenters. The number of quaternary nitrogens is 1. The van der Waals surface area contributed by atoms with Gasteiger partial charge in [-0.25, -0.2) is 0 Å². The van der Waals surface area contributed by atoms with Crippen molar-refractivity contribution in [2.45, 2.75) is 19.5 Å². The van der Waals surface area contributed by atoms with Crippen molar-refractivity contribution in [2.24, 2.45) is 0 Å². The fourth-order valence-electron chi connectivity index (χ4n) is 2.69. The van der Waals surface area contributed by atoms with Crippen LogP contribution in [-0.2, 0) is 11.3 Å². The molecular formula is C20H26ClN2O4+. The van der Waals surface area contributed by atoms with Gasteiger partial charge in [0.2, 0.25) is 0 Å². The van der Waals surface area contributed by atoms with Crippen molar-refractivity contribution in [3.8, 4) is 17.2 Å². The molecule has 7 heteroatoms. The number of ether oxygens (including phenoxy) is 3. The molecule has 2 aromatic rings. The van der Waals surface area contributed by atoms with E-state index in [-0.39, 0.29) is 11.9 Å². The molecule has 6 nitrogen and oxygen atoms in total. The van der Waals surface area contributed by atoms with Gasteiger partial charge in [0.05, 0.1) is 34.1 Å². The maximum absolute atomic E-state index is 12.7. The second-order valence-electron chi connectivity index (χ2n) is 6.26. The number of benzene rings is 2. The first kappa shape index (κ1) is 20.9. The summed E-state index contributed by atoms with van der Waals surface area (Å²) < 4.78 is 16.0. The SMILES string of the molecule is COc1ccc(C[NH+](C)[C@@H](C)C(=O)Nc2cc(Cl)ccc2OC)c(OC)c1. The predicted molar refractivity (Wildman–Crippen MR) is 106 cm³/mol. The maximum Gasteiger partial charge on any atom is 0.282 e. The normalized spacial score (nSPS) is 12.8. The molecule has 0 aliphatic rings. The summed E-state index contributed by atoms with van der Waals surface area (Å²) in [4.78, 5) is 13.7. The topological polar surface area (TPSA) is 61.2 Å². The lowest BCUT2D eigenvalue weighted by Crippen LogP contribution is -3.12. The molecule has 2 aromatic carbocycles. The largest absolute Gasteiger partial charge is 0.497 e. The Kier molecular flexibility index (Phi) is 7.33. The zero-order chi connectivity index (χ0) is 20.0. The Labute approximate surface area is 165 Å². The molecule has 0 fully saturated rings. The van der Waals surface area contributed by atoms with E-state index in [0.717, 1.165) is 22.0 Å². The van der Waals surface area contributed by atoms with Crippen LogP contribution in [0.25, 0.3) is 0 Å². The molecule has 0 bridgehead atoms. The van der Waals surface area contributed by atoms with Crippen LogP contribution in [0, 0.1) is 0 Å². The molecule has 1 amide bonds. The van der Waals surface area contributed by atoms with Crippen LogP contribution in [0.5, 0.6) is 17.2 Å². The number of amides is 1. The number of rotatable bonds is 8. The van der Waals surface area contributed by atoms with E-state index in [1.807, 2.05) is 32.2 Å². The lowest BCUT2D eigenvalue weighted by Gasteiger charge is -2.22. The quantitative estimate of drug-likeness (QED) is 0.723. The summed E-state index contributed by atoms with van der Waals surface area (Å²) >= 11 is 6.03. The first-order valence-electron chi connectivity index (χ1n) is 8.57. The lowest BCUT2D eigenvalue weighted by atomic mass is 10.1. The van der Waals surface area contributed by atoms with Gasteiger partial charge in [-0.2, -0.15) is 0 Å². The highest BCUT2D eigenvalue weighted by Crippen LogP contribution is 2.27. The number of anilines is 1. The first-order chi connectivity index (χ1) is 12.9. The lowest BCUT2D eigenvalue weighted by molar-refractivity contribution is -0.907. The monoisotopic (exact) mass is 393 g/mol.